The van der Waals surface area contributed by atoms with Crippen molar-refractivity contribution in [3.8, 4) is 0 Å². The first-order valence-corrected chi connectivity index (χ1v) is 40.5. The molecule has 0 rings (SSSR count). The molecule has 0 bridgehead atoms. The molecule has 0 saturated carbocycles. The van der Waals surface area contributed by atoms with E-state index in [0.29, 0.717) is 25.7 Å². The van der Waals surface area contributed by atoms with Crippen LogP contribution in [0.3, 0.4) is 0 Å². The highest BCUT2D eigenvalue weighted by Gasteiger charge is 2.30. The highest BCUT2D eigenvalue weighted by atomic mass is 31.2. The first kappa shape index (κ1) is 89.1. The second kappa shape index (κ2) is 64.1. The predicted octanol–water partition coefficient (Wildman–Crippen LogP) is 20.8. The highest BCUT2D eigenvalue weighted by Crippen LogP contribution is 2.45. The maximum absolute atomic E-state index is 13.0. The van der Waals surface area contributed by atoms with Crippen LogP contribution in [0.5, 0.6) is 0 Å². The summed E-state index contributed by atoms with van der Waals surface area (Å²) < 4.78 is 68.3. The average molecular weight is 1340 g/mol. The Hall–Kier alpha value is -1.94. The van der Waals surface area contributed by atoms with E-state index in [4.69, 9.17) is 37.0 Å². The maximum atomic E-state index is 13.0. The summed E-state index contributed by atoms with van der Waals surface area (Å²) in [6.45, 7) is 9.49. The van der Waals surface area contributed by atoms with Gasteiger partial charge in [-0.15, -0.1) is 0 Å². The van der Waals surface area contributed by atoms with Crippen LogP contribution < -0.4 is 0 Å². The Morgan fingerprint density at radius 3 is 0.747 bits per heavy atom. The third-order valence-corrected chi connectivity index (χ3v) is 18.6. The number of ether oxygens (including phenoxy) is 4. The molecule has 19 heteroatoms. The van der Waals surface area contributed by atoms with Gasteiger partial charge in [0.1, 0.15) is 19.3 Å². The SMILES string of the molecule is CCCCCCCCCCCCCCCCCCCCCC(=O)O[C@H](COC(=O)CCCCCCCCCCCC(C)C)COP(=O)(O)OC[C@@H](O)COP(=O)(O)OC[C@@H](COC(=O)CCCCCCCCCC)OC(=O)CCCCCCCCCCCC(C)C. The molecule has 17 nitrogen and oxygen atoms in total. The number of phosphoric ester groups is 2. The van der Waals surface area contributed by atoms with E-state index in [9.17, 15) is 43.2 Å². The van der Waals surface area contributed by atoms with Crippen LogP contribution in [0.1, 0.15) is 369 Å². The molecule has 0 heterocycles. The predicted molar refractivity (Wildman–Crippen MR) is 368 cm³/mol. The number of unbranched alkanes of at least 4 members (excludes halogenated alkanes) is 41. The number of phosphoric acid groups is 2. The Balaban J connectivity index is 5.19. The van der Waals surface area contributed by atoms with E-state index in [-0.39, 0.29) is 25.7 Å². The monoisotopic (exact) mass is 1340 g/mol. The molecule has 0 radical (unpaired) electrons. The Bertz CT molecular complexity index is 1770. The summed E-state index contributed by atoms with van der Waals surface area (Å²) in [4.78, 5) is 72.5. The largest absolute Gasteiger partial charge is 0.472 e. The van der Waals surface area contributed by atoms with Crippen molar-refractivity contribution in [3.05, 3.63) is 0 Å². The minimum atomic E-state index is -4.95. The van der Waals surface area contributed by atoms with Gasteiger partial charge in [-0.3, -0.25) is 37.3 Å². The van der Waals surface area contributed by atoms with Crippen molar-refractivity contribution in [2.75, 3.05) is 39.6 Å². The Morgan fingerprint density at radius 1 is 0.297 bits per heavy atom. The van der Waals surface area contributed by atoms with Gasteiger partial charge >= 0.3 is 39.5 Å². The fraction of sp³-hybridized carbons (Fsp3) is 0.944. The van der Waals surface area contributed by atoms with Gasteiger partial charge in [0.15, 0.2) is 12.2 Å². The topological polar surface area (TPSA) is 237 Å². The lowest BCUT2D eigenvalue weighted by molar-refractivity contribution is -0.161. The lowest BCUT2D eigenvalue weighted by Gasteiger charge is -2.21. The summed E-state index contributed by atoms with van der Waals surface area (Å²) in [5.74, 6) is -0.645. The normalized spacial score (nSPS) is 14.1. The molecule has 0 spiro atoms. The zero-order valence-electron chi connectivity index (χ0n) is 59.1. The minimum absolute atomic E-state index is 0.105. The van der Waals surface area contributed by atoms with E-state index < -0.39 is 97.5 Å². The van der Waals surface area contributed by atoms with Crippen molar-refractivity contribution in [1.29, 1.82) is 0 Å². The molecule has 0 fully saturated rings. The number of aliphatic hydroxyl groups excluding tert-OH is 1. The van der Waals surface area contributed by atoms with E-state index >= 15 is 0 Å². The lowest BCUT2D eigenvalue weighted by Crippen LogP contribution is -2.30. The molecule has 0 aromatic rings. The number of aliphatic hydroxyl groups is 1. The molecule has 0 aromatic heterocycles. The highest BCUT2D eigenvalue weighted by molar-refractivity contribution is 7.47. The Morgan fingerprint density at radius 2 is 0.505 bits per heavy atom. The van der Waals surface area contributed by atoms with Crippen LogP contribution in [0.25, 0.3) is 0 Å². The van der Waals surface area contributed by atoms with Crippen LogP contribution in [0, 0.1) is 11.8 Å². The van der Waals surface area contributed by atoms with Gasteiger partial charge in [0.2, 0.25) is 0 Å². The molecular formula is C72H140O17P2. The zero-order valence-corrected chi connectivity index (χ0v) is 60.9. The molecule has 0 aromatic carbocycles. The number of esters is 4. The number of carbonyl (C=O) groups excluding carboxylic acids is 4. The van der Waals surface area contributed by atoms with Gasteiger partial charge in [0.05, 0.1) is 26.4 Å². The first-order chi connectivity index (χ1) is 43.9. The van der Waals surface area contributed by atoms with Crippen molar-refractivity contribution < 1.29 is 80.2 Å². The summed E-state index contributed by atoms with van der Waals surface area (Å²) in [7, 11) is -9.90. The molecule has 0 aliphatic carbocycles. The third-order valence-electron chi connectivity index (χ3n) is 16.7. The minimum Gasteiger partial charge on any atom is -0.462 e. The van der Waals surface area contributed by atoms with Crippen molar-refractivity contribution in [3.63, 3.8) is 0 Å². The molecule has 0 amide bonds. The van der Waals surface area contributed by atoms with Crippen molar-refractivity contribution >= 4 is 39.5 Å². The summed E-state index contributed by atoms with van der Waals surface area (Å²) in [5.41, 5.74) is 0. The van der Waals surface area contributed by atoms with Gasteiger partial charge < -0.3 is 33.8 Å². The van der Waals surface area contributed by atoms with Crippen molar-refractivity contribution in [2.24, 2.45) is 11.8 Å². The Labute approximate surface area is 556 Å². The van der Waals surface area contributed by atoms with E-state index in [1.165, 1.54) is 180 Å². The Kier molecular flexibility index (Phi) is 62.7. The van der Waals surface area contributed by atoms with Gasteiger partial charge in [-0.05, 0) is 37.5 Å². The molecule has 540 valence electrons. The van der Waals surface area contributed by atoms with Gasteiger partial charge in [-0.2, -0.15) is 0 Å². The summed E-state index contributed by atoms with van der Waals surface area (Å²) >= 11 is 0. The first-order valence-electron chi connectivity index (χ1n) is 37.5. The summed E-state index contributed by atoms with van der Waals surface area (Å²) in [6.07, 6.45) is 50.1. The van der Waals surface area contributed by atoms with Crippen LogP contribution in [0.4, 0.5) is 0 Å². The lowest BCUT2D eigenvalue weighted by atomic mass is 10.0. The van der Waals surface area contributed by atoms with Crippen LogP contribution in [-0.2, 0) is 65.4 Å². The number of hydrogen-bond acceptors (Lipinski definition) is 15. The van der Waals surface area contributed by atoms with Gasteiger partial charge in [0.25, 0.3) is 0 Å². The smallest absolute Gasteiger partial charge is 0.462 e. The number of carbonyl (C=O) groups is 4. The van der Waals surface area contributed by atoms with E-state index in [2.05, 4.69) is 41.5 Å². The van der Waals surface area contributed by atoms with E-state index in [1.54, 1.807) is 0 Å². The molecule has 2 unspecified atom stereocenters. The zero-order chi connectivity index (χ0) is 67.2. The number of rotatable bonds is 71. The molecule has 91 heavy (non-hydrogen) atoms. The number of hydrogen-bond donors (Lipinski definition) is 3. The standard InChI is InChI=1S/C72H140O17P2/c1-7-9-11-13-15-17-18-19-20-21-22-23-24-25-26-31-38-44-50-56-71(76)88-68(61-83-70(75)55-49-43-37-32-27-29-34-40-46-52-64(3)4)63-87-91(80,81)85-59-66(73)58-84-90(78,79)86-62-67(60-82-69(74)54-48-42-36-16-14-12-10-8-2)89-72(77)57-51-45-39-33-28-30-35-41-47-53-65(5)6/h64-68,73H,7-63H2,1-6H3,(H,78,79)(H,80,81)/t66-,67+,68+/m0/s1. The van der Waals surface area contributed by atoms with E-state index in [1.807, 2.05) is 0 Å². The maximum Gasteiger partial charge on any atom is 0.472 e. The quantitative estimate of drug-likeness (QED) is 0.0222. The molecule has 5 atom stereocenters. The average Bonchev–Trinajstić information content (AvgIpc) is 3.62. The van der Waals surface area contributed by atoms with Crippen LogP contribution in [0.15, 0.2) is 0 Å². The van der Waals surface area contributed by atoms with Crippen LogP contribution >= 0.6 is 15.6 Å². The van der Waals surface area contributed by atoms with Crippen molar-refractivity contribution in [1.82, 2.24) is 0 Å². The van der Waals surface area contributed by atoms with Crippen molar-refractivity contribution in [2.45, 2.75) is 387 Å². The third kappa shape index (κ3) is 66.5. The van der Waals surface area contributed by atoms with Crippen LogP contribution in [0.2, 0.25) is 0 Å². The second-order valence-electron chi connectivity index (χ2n) is 26.9. The molecule has 3 N–H and O–H groups in total. The van der Waals surface area contributed by atoms with Crippen LogP contribution in [-0.4, -0.2) is 96.7 Å². The molecule has 0 saturated heterocycles. The van der Waals surface area contributed by atoms with Gasteiger partial charge in [-0.25, -0.2) is 9.13 Å². The van der Waals surface area contributed by atoms with Gasteiger partial charge in [0, 0.05) is 25.7 Å². The van der Waals surface area contributed by atoms with Gasteiger partial charge in [-0.1, -0.05) is 318 Å². The molecule has 0 aliphatic rings. The summed E-state index contributed by atoms with van der Waals surface area (Å²) in [6, 6.07) is 0. The second-order valence-corrected chi connectivity index (χ2v) is 29.8. The molecule has 0 aliphatic heterocycles. The fourth-order valence-corrected chi connectivity index (χ4v) is 12.5. The molecular weight excluding hydrogens is 1200 g/mol. The fourth-order valence-electron chi connectivity index (χ4n) is 10.9. The van der Waals surface area contributed by atoms with E-state index in [0.717, 1.165) is 108 Å². The summed E-state index contributed by atoms with van der Waals surface area (Å²) in [5, 5.41) is 10.6.